The molecule has 1 saturated heterocycles. The van der Waals surface area contributed by atoms with Gasteiger partial charge < -0.3 is 19.9 Å². The maximum atomic E-state index is 5.35. The standard InChI is InChI=1S/C15H26N4OS.HI/c1-3-20-12-5-7-17-15(16-2)19-10-8-18(9-11-19)14-6-4-13-21-14;/h4,6,13H,3,5,7-12H2,1-2H3,(H,16,17);1H. The summed E-state index contributed by atoms with van der Waals surface area (Å²) in [6.45, 7) is 8.69. The Labute approximate surface area is 154 Å². The molecule has 0 aromatic carbocycles. The van der Waals surface area contributed by atoms with Crippen molar-refractivity contribution in [2.24, 2.45) is 4.99 Å². The Morgan fingerprint density at radius 2 is 2.14 bits per heavy atom. The van der Waals surface area contributed by atoms with Crippen LogP contribution >= 0.6 is 35.3 Å². The van der Waals surface area contributed by atoms with E-state index in [9.17, 15) is 0 Å². The number of ether oxygens (including phenoxy) is 1. The minimum Gasteiger partial charge on any atom is -0.382 e. The molecule has 2 rings (SSSR count). The van der Waals surface area contributed by atoms with Gasteiger partial charge in [0.25, 0.3) is 0 Å². The quantitative estimate of drug-likeness (QED) is 0.321. The van der Waals surface area contributed by atoms with Crippen molar-refractivity contribution in [3.63, 3.8) is 0 Å². The fraction of sp³-hybridized carbons (Fsp3) is 0.667. The lowest BCUT2D eigenvalue weighted by Crippen LogP contribution is -2.52. The van der Waals surface area contributed by atoms with E-state index in [2.05, 4.69) is 37.6 Å². The second-order valence-electron chi connectivity index (χ2n) is 4.95. The van der Waals surface area contributed by atoms with E-state index in [4.69, 9.17) is 4.74 Å². The summed E-state index contributed by atoms with van der Waals surface area (Å²) in [5, 5.41) is 6.94. The van der Waals surface area contributed by atoms with E-state index in [-0.39, 0.29) is 24.0 Å². The third-order valence-corrected chi connectivity index (χ3v) is 4.49. The molecule has 1 aromatic rings. The predicted octanol–water partition coefficient (Wildman–Crippen LogP) is 2.49. The smallest absolute Gasteiger partial charge is 0.193 e. The van der Waals surface area contributed by atoms with Crippen molar-refractivity contribution in [3.8, 4) is 0 Å². The summed E-state index contributed by atoms with van der Waals surface area (Å²) in [5.74, 6) is 1.01. The average molecular weight is 438 g/mol. The van der Waals surface area contributed by atoms with Crippen LogP contribution in [-0.4, -0.2) is 63.8 Å². The van der Waals surface area contributed by atoms with Crippen LogP contribution in [-0.2, 0) is 4.74 Å². The lowest BCUT2D eigenvalue weighted by molar-refractivity contribution is 0.145. The predicted molar refractivity (Wildman–Crippen MR) is 106 cm³/mol. The molecule has 22 heavy (non-hydrogen) atoms. The molecule has 0 saturated carbocycles. The number of nitrogens with zero attached hydrogens (tertiary/aromatic N) is 3. The summed E-state index contributed by atoms with van der Waals surface area (Å²) in [7, 11) is 1.86. The lowest BCUT2D eigenvalue weighted by atomic mass is 10.3. The average Bonchev–Trinajstić information content (AvgIpc) is 3.06. The molecular formula is C15H27IN4OS. The van der Waals surface area contributed by atoms with Gasteiger partial charge in [0.2, 0.25) is 0 Å². The fourth-order valence-electron chi connectivity index (χ4n) is 2.44. The highest BCUT2D eigenvalue weighted by Crippen LogP contribution is 2.22. The lowest BCUT2D eigenvalue weighted by Gasteiger charge is -2.37. The zero-order chi connectivity index (χ0) is 14.9. The first-order chi connectivity index (χ1) is 10.3. The molecule has 0 radical (unpaired) electrons. The summed E-state index contributed by atoms with van der Waals surface area (Å²) >= 11 is 1.81. The maximum Gasteiger partial charge on any atom is 0.193 e. The molecule has 1 aliphatic heterocycles. The minimum atomic E-state index is 0. The van der Waals surface area contributed by atoms with Crippen LogP contribution in [0.5, 0.6) is 0 Å². The zero-order valence-corrected chi connectivity index (χ0v) is 16.6. The van der Waals surface area contributed by atoms with Crippen molar-refractivity contribution in [3.05, 3.63) is 17.5 Å². The number of nitrogens with one attached hydrogen (secondary N) is 1. The van der Waals surface area contributed by atoms with E-state index in [1.165, 1.54) is 5.00 Å². The van der Waals surface area contributed by atoms with Gasteiger partial charge in [-0.15, -0.1) is 35.3 Å². The van der Waals surface area contributed by atoms with Crippen LogP contribution in [0.25, 0.3) is 0 Å². The number of piperazine rings is 1. The number of hydrogen-bond donors (Lipinski definition) is 1. The molecule has 0 unspecified atom stereocenters. The number of anilines is 1. The molecule has 5 nitrogen and oxygen atoms in total. The normalized spacial score (nSPS) is 15.6. The third kappa shape index (κ3) is 5.92. The molecule has 126 valence electrons. The van der Waals surface area contributed by atoms with Crippen LogP contribution in [0.15, 0.2) is 22.5 Å². The Morgan fingerprint density at radius 3 is 2.73 bits per heavy atom. The Hall–Kier alpha value is -0.540. The van der Waals surface area contributed by atoms with E-state index < -0.39 is 0 Å². The van der Waals surface area contributed by atoms with E-state index in [0.717, 1.165) is 58.3 Å². The van der Waals surface area contributed by atoms with Gasteiger partial charge in [0.15, 0.2) is 5.96 Å². The number of thiophene rings is 1. The van der Waals surface area contributed by atoms with E-state index in [1.54, 1.807) is 0 Å². The Bertz CT molecular complexity index is 419. The second kappa shape index (κ2) is 11.1. The van der Waals surface area contributed by atoms with Crippen LogP contribution in [0.1, 0.15) is 13.3 Å². The number of aliphatic imine (C=N–C) groups is 1. The van der Waals surface area contributed by atoms with Gasteiger partial charge in [-0.25, -0.2) is 0 Å². The minimum absolute atomic E-state index is 0. The van der Waals surface area contributed by atoms with Crippen molar-refractivity contribution in [2.75, 3.05) is 57.9 Å². The first-order valence-corrected chi connectivity index (χ1v) is 8.55. The molecular weight excluding hydrogens is 411 g/mol. The summed E-state index contributed by atoms with van der Waals surface area (Å²) < 4.78 is 5.35. The molecule has 7 heteroatoms. The van der Waals surface area contributed by atoms with Crippen LogP contribution in [0.4, 0.5) is 5.00 Å². The Balaban J connectivity index is 0.00000242. The van der Waals surface area contributed by atoms with Crippen molar-refractivity contribution >= 4 is 46.3 Å². The van der Waals surface area contributed by atoms with Gasteiger partial charge in [0, 0.05) is 53.0 Å². The van der Waals surface area contributed by atoms with Crippen LogP contribution in [0, 0.1) is 0 Å². The third-order valence-electron chi connectivity index (χ3n) is 3.56. The summed E-state index contributed by atoms with van der Waals surface area (Å²) in [6, 6.07) is 4.31. The summed E-state index contributed by atoms with van der Waals surface area (Å²) in [6.07, 6.45) is 1.02. The first-order valence-electron chi connectivity index (χ1n) is 7.67. The van der Waals surface area contributed by atoms with Crippen LogP contribution < -0.4 is 10.2 Å². The number of hydrogen-bond acceptors (Lipinski definition) is 4. The molecule has 0 atom stereocenters. The molecule has 2 heterocycles. The fourth-order valence-corrected chi connectivity index (χ4v) is 3.22. The molecule has 0 aliphatic carbocycles. The number of guanidine groups is 1. The molecule has 0 amide bonds. The van der Waals surface area contributed by atoms with Crippen molar-refractivity contribution in [1.29, 1.82) is 0 Å². The van der Waals surface area contributed by atoms with E-state index in [1.807, 2.05) is 25.3 Å². The topological polar surface area (TPSA) is 40.1 Å². The summed E-state index contributed by atoms with van der Waals surface area (Å²) in [4.78, 5) is 9.18. The molecule has 0 bridgehead atoms. The Morgan fingerprint density at radius 1 is 1.36 bits per heavy atom. The highest BCUT2D eigenvalue weighted by Gasteiger charge is 2.19. The zero-order valence-electron chi connectivity index (χ0n) is 13.5. The number of halogens is 1. The van der Waals surface area contributed by atoms with Crippen LogP contribution in [0.2, 0.25) is 0 Å². The van der Waals surface area contributed by atoms with Gasteiger partial charge >= 0.3 is 0 Å². The van der Waals surface area contributed by atoms with Gasteiger partial charge in [-0.3, -0.25) is 4.99 Å². The molecule has 0 spiro atoms. The van der Waals surface area contributed by atoms with E-state index in [0.29, 0.717) is 0 Å². The number of rotatable bonds is 6. The van der Waals surface area contributed by atoms with Crippen molar-refractivity contribution in [1.82, 2.24) is 10.2 Å². The molecule has 1 N–H and O–H groups in total. The van der Waals surface area contributed by atoms with Crippen molar-refractivity contribution in [2.45, 2.75) is 13.3 Å². The van der Waals surface area contributed by atoms with Crippen molar-refractivity contribution < 1.29 is 4.74 Å². The molecule has 1 fully saturated rings. The van der Waals surface area contributed by atoms with Gasteiger partial charge in [0.05, 0.1) is 5.00 Å². The Kier molecular flexibility index (Phi) is 9.81. The first kappa shape index (κ1) is 19.5. The van der Waals surface area contributed by atoms with Gasteiger partial charge in [-0.1, -0.05) is 0 Å². The van der Waals surface area contributed by atoms with Crippen LogP contribution in [0.3, 0.4) is 0 Å². The van der Waals surface area contributed by atoms with Gasteiger partial charge in [-0.05, 0) is 30.9 Å². The highest BCUT2D eigenvalue weighted by molar-refractivity contribution is 14.0. The summed E-state index contributed by atoms with van der Waals surface area (Å²) in [5.41, 5.74) is 0. The molecule has 1 aromatic heterocycles. The highest BCUT2D eigenvalue weighted by atomic mass is 127. The van der Waals surface area contributed by atoms with E-state index >= 15 is 0 Å². The SMILES string of the molecule is CCOCCCNC(=NC)N1CCN(c2cccs2)CC1.I. The largest absolute Gasteiger partial charge is 0.382 e. The maximum absolute atomic E-state index is 5.35. The van der Waals surface area contributed by atoms with Gasteiger partial charge in [-0.2, -0.15) is 0 Å². The molecule has 1 aliphatic rings. The van der Waals surface area contributed by atoms with Gasteiger partial charge in [0.1, 0.15) is 0 Å². The monoisotopic (exact) mass is 438 g/mol. The second-order valence-corrected chi connectivity index (χ2v) is 5.88.